The lowest BCUT2D eigenvalue weighted by Gasteiger charge is -1.85. The van der Waals surface area contributed by atoms with Gasteiger partial charge in [-0.25, -0.2) is 0 Å². The highest BCUT2D eigenvalue weighted by molar-refractivity contribution is 5.72. The Bertz CT molecular complexity index is 578. The van der Waals surface area contributed by atoms with E-state index < -0.39 is 21.5 Å². The van der Waals surface area contributed by atoms with Gasteiger partial charge in [0.1, 0.15) is 0 Å². The van der Waals surface area contributed by atoms with Gasteiger partial charge in [0.15, 0.2) is 11.9 Å². The van der Waals surface area contributed by atoms with Crippen LogP contribution in [0.4, 0.5) is 0 Å². The van der Waals surface area contributed by atoms with E-state index in [9.17, 15) is 20.2 Å². The molecule has 0 unspecified atom stereocenters. The fourth-order valence-electron chi connectivity index (χ4n) is 0.931. The van der Waals surface area contributed by atoms with Gasteiger partial charge in [-0.1, -0.05) is 0 Å². The van der Waals surface area contributed by atoms with Gasteiger partial charge in [-0.2, -0.15) is 0 Å². The Morgan fingerprint density at radius 3 is 1.18 bits per heavy atom. The molecule has 16 heteroatoms. The Kier molecular flexibility index (Phi) is 6.20. The molecule has 0 bridgehead atoms. The van der Waals surface area contributed by atoms with Crippen molar-refractivity contribution in [2.75, 3.05) is 0 Å². The molecule has 0 amide bonds. The lowest BCUT2D eigenvalue weighted by atomic mass is 10.3. The van der Waals surface area contributed by atoms with E-state index in [0.717, 1.165) is 0 Å². The number of nitrogens with two attached hydrogens (primary N) is 4. The normalized spacial score (nSPS) is 13.6. The summed E-state index contributed by atoms with van der Waals surface area (Å²) in [5.74, 6) is -1.92. The molecule has 0 fully saturated rings. The quantitative estimate of drug-likeness (QED) is 0.150. The minimum absolute atomic E-state index is 0.262. The molecule has 0 aliphatic carbocycles. The largest absolute Gasteiger partial charge is 0.423 e. The van der Waals surface area contributed by atoms with Crippen molar-refractivity contribution in [1.29, 1.82) is 10.8 Å². The third-order valence-corrected chi connectivity index (χ3v) is 1.48. The first-order valence-electron chi connectivity index (χ1n) is 4.88. The number of guanidine groups is 2. The van der Waals surface area contributed by atoms with Crippen LogP contribution in [-0.4, -0.2) is 21.8 Å². The van der Waals surface area contributed by atoms with Crippen LogP contribution < -0.4 is 22.9 Å². The number of azo groups is 2. The molecule has 0 atom stereocenters. The maximum Gasteiger partial charge on any atom is 0.423 e. The SMILES string of the molecule is N=C(N)N.N=C(N)N.O=[N+]([O-])C1=C2N=NC([N+](=O)[O-])=C2N=N1. The zero-order valence-corrected chi connectivity index (χ0v) is 10.6. The number of nitrogens with zero attached hydrogens (tertiary/aromatic N) is 6. The number of hydrogen-bond acceptors (Lipinski definition) is 10. The van der Waals surface area contributed by atoms with Crippen molar-refractivity contribution in [2.24, 2.45) is 43.4 Å². The smallest absolute Gasteiger partial charge is 0.370 e. The van der Waals surface area contributed by atoms with E-state index in [2.05, 4.69) is 43.4 Å². The predicted octanol–water partition coefficient (Wildman–Crippen LogP) is -1.51. The van der Waals surface area contributed by atoms with Gasteiger partial charge in [0.25, 0.3) is 0 Å². The first-order valence-corrected chi connectivity index (χ1v) is 4.88. The van der Waals surface area contributed by atoms with Gasteiger partial charge in [0, 0.05) is 0 Å². The van der Waals surface area contributed by atoms with Crippen LogP contribution in [-0.2, 0) is 0 Å². The van der Waals surface area contributed by atoms with Crippen LogP contribution in [0.2, 0.25) is 0 Å². The third-order valence-electron chi connectivity index (χ3n) is 1.48. The highest BCUT2D eigenvalue weighted by Gasteiger charge is 2.42. The summed E-state index contributed by atoms with van der Waals surface area (Å²) in [4.78, 5) is 19.0. The highest BCUT2D eigenvalue weighted by Crippen LogP contribution is 2.34. The summed E-state index contributed by atoms with van der Waals surface area (Å²) in [5, 5.41) is 45.6. The molecular formula is C6H10N12O4. The van der Waals surface area contributed by atoms with E-state index >= 15 is 0 Å². The van der Waals surface area contributed by atoms with E-state index in [1.807, 2.05) is 0 Å². The van der Waals surface area contributed by atoms with E-state index in [1.54, 1.807) is 0 Å². The van der Waals surface area contributed by atoms with Crippen molar-refractivity contribution in [1.82, 2.24) is 0 Å². The molecule has 22 heavy (non-hydrogen) atoms. The molecule has 0 spiro atoms. The van der Waals surface area contributed by atoms with Gasteiger partial charge >= 0.3 is 11.6 Å². The lowest BCUT2D eigenvalue weighted by Crippen LogP contribution is -2.20. The second kappa shape index (κ2) is 7.57. The number of fused-ring (bicyclic) bond motifs is 1. The molecule has 0 saturated carbocycles. The minimum Gasteiger partial charge on any atom is -0.370 e. The van der Waals surface area contributed by atoms with Crippen molar-refractivity contribution in [2.45, 2.75) is 0 Å². The van der Waals surface area contributed by atoms with Gasteiger partial charge < -0.3 is 43.2 Å². The summed E-state index contributed by atoms with van der Waals surface area (Å²) < 4.78 is 0. The maximum atomic E-state index is 10.3. The van der Waals surface area contributed by atoms with E-state index in [4.69, 9.17) is 10.8 Å². The predicted molar refractivity (Wildman–Crippen MR) is 70.0 cm³/mol. The molecule has 118 valence electrons. The molecule has 16 nitrogen and oxygen atoms in total. The van der Waals surface area contributed by atoms with Crippen LogP contribution in [0.5, 0.6) is 0 Å². The molecule has 0 aromatic carbocycles. The van der Waals surface area contributed by atoms with E-state index in [-0.39, 0.29) is 23.3 Å². The monoisotopic (exact) mass is 314 g/mol. The summed E-state index contributed by atoms with van der Waals surface area (Å²) in [5.41, 5.74) is 17.4. The number of rotatable bonds is 2. The fraction of sp³-hybridized carbons (Fsp3) is 0. The van der Waals surface area contributed by atoms with Crippen molar-refractivity contribution < 1.29 is 9.85 Å². The standard InChI is InChI=1S/C4N6O4.2CH5N3/c11-9(12)3-1-2(6-7-3)4(8-5-1)10(13)14;2*2-1(3)4/h;2*(H5,2,3,4). The van der Waals surface area contributed by atoms with Gasteiger partial charge in [0.05, 0.1) is 10.2 Å². The third kappa shape index (κ3) is 5.34. The molecule has 0 saturated heterocycles. The summed E-state index contributed by atoms with van der Waals surface area (Å²) in [6.45, 7) is 0. The summed E-state index contributed by atoms with van der Waals surface area (Å²) in [6.07, 6.45) is 0. The van der Waals surface area contributed by atoms with Crippen LogP contribution in [0.15, 0.2) is 43.5 Å². The topological polar surface area (TPSA) is 288 Å². The molecule has 2 aliphatic heterocycles. The second-order valence-electron chi connectivity index (χ2n) is 3.17. The maximum absolute atomic E-state index is 10.3. The summed E-state index contributed by atoms with van der Waals surface area (Å²) in [6, 6.07) is 0. The first kappa shape index (κ1) is 18.0. The Morgan fingerprint density at radius 2 is 1.00 bits per heavy atom. The molecule has 2 heterocycles. The first-order chi connectivity index (χ1) is 10.1. The number of nitro groups is 2. The van der Waals surface area contributed by atoms with E-state index in [1.165, 1.54) is 0 Å². The Morgan fingerprint density at radius 1 is 0.773 bits per heavy atom. The lowest BCUT2D eigenvalue weighted by molar-refractivity contribution is -0.427. The van der Waals surface area contributed by atoms with Crippen LogP contribution in [0.1, 0.15) is 0 Å². The number of hydrogen-bond donors (Lipinski definition) is 6. The van der Waals surface area contributed by atoms with Gasteiger partial charge in [0.2, 0.25) is 11.4 Å². The van der Waals surface area contributed by atoms with Crippen molar-refractivity contribution >= 4 is 11.9 Å². The van der Waals surface area contributed by atoms with Gasteiger partial charge in [-0.3, -0.25) is 10.8 Å². The molecule has 2 rings (SSSR count). The van der Waals surface area contributed by atoms with Crippen LogP contribution >= 0.6 is 0 Å². The molecular weight excluding hydrogens is 304 g/mol. The summed E-state index contributed by atoms with van der Waals surface area (Å²) in [7, 11) is 0. The van der Waals surface area contributed by atoms with Gasteiger partial charge in [-0.05, 0) is 20.1 Å². The average Bonchev–Trinajstić information content (AvgIpc) is 2.85. The Labute approximate surface area is 120 Å². The van der Waals surface area contributed by atoms with Crippen LogP contribution in [0.3, 0.4) is 0 Å². The molecule has 10 N–H and O–H groups in total. The summed E-state index contributed by atoms with van der Waals surface area (Å²) >= 11 is 0. The van der Waals surface area contributed by atoms with Crippen LogP contribution in [0, 0.1) is 31.0 Å². The van der Waals surface area contributed by atoms with Crippen molar-refractivity contribution in [3.05, 3.63) is 43.3 Å². The van der Waals surface area contributed by atoms with Crippen molar-refractivity contribution in [3.63, 3.8) is 0 Å². The second-order valence-corrected chi connectivity index (χ2v) is 3.17. The van der Waals surface area contributed by atoms with E-state index in [0.29, 0.717) is 0 Å². The molecule has 0 aromatic heterocycles. The minimum atomic E-state index is -0.826. The molecule has 2 aliphatic rings. The Hall–Kier alpha value is -3.98. The van der Waals surface area contributed by atoms with Gasteiger partial charge in [-0.15, -0.1) is 0 Å². The fourth-order valence-corrected chi connectivity index (χ4v) is 0.931. The molecule has 0 radical (unpaired) electrons. The molecule has 0 aromatic rings. The van der Waals surface area contributed by atoms with Crippen molar-refractivity contribution in [3.8, 4) is 0 Å². The zero-order valence-electron chi connectivity index (χ0n) is 10.6. The number of nitrogens with one attached hydrogen (secondary N) is 2. The highest BCUT2D eigenvalue weighted by atomic mass is 16.6. The Balaban J connectivity index is 0.000000464. The van der Waals surface area contributed by atoms with Crippen LogP contribution in [0.25, 0.3) is 0 Å². The average molecular weight is 314 g/mol. The zero-order chi connectivity index (χ0) is 17.4.